The molecule has 2 amide bonds. The zero-order chi connectivity index (χ0) is 24.9. The molecule has 35 heavy (non-hydrogen) atoms. The molecule has 9 heteroatoms. The molecule has 0 aliphatic heterocycles. The number of nitrogens with one attached hydrogen (secondary N) is 2. The maximum absolute atomic E-state index is 12.8. The molecule has 4 rings (SSSR count). The number of hydrogen-bond donors (Lipinski definition) is 2. The van der Waals surface area contributed by atoms with Crippen LogP contribution in [0.4, 0.5) is 5.69 Å². The Morgan fingerprint density at radius 1 is 0.943 bits per heavy atom. The molecule has 1 aliphatic rings. The van der Waals surface area contributed by atoms with Crippen LogP contribution >= 0.6 is 39.1 Å². The molecule has 0 atom stereocenters. The van der Waals surface area contributed by atoms with E-state index in [0.29, 0.717) is 55.1 Å². The summed E-state index contributed by atoms with van der Waals surface area (Å²) >= 11 is 15.6. The molecule has 2 N–H and O–H groups in total. The smallest absolute Gasteiger partial charge is 0.262 e. The summed E-state index contributed by atoms with van der Waals surface area (Å²) < 4.78 is 6.18. The summed E-state index contributed by atoms with van der Waals surface area (Å²) in [7, 11) is 0. The van der Waals surface area contributed by atoms with Crippen LogP contribution in [0.15, 0.2) is 65.1 Å². The van der Waals surface area contributed by atoms with E-state index in [1.165, 1.54) is 6.07 Å². The van der Waals surface area contributed by atoms with Crippen LogP contribution in [0.2, 0.25) is 10.0 Å². The lowest BCUT2D eigenvalue weighted by atomic mass is 10.0. The third-order valence-corrected chi connectivity index (χ3v) is 6.67. The number of carbonyl (C=O) groups is 3. The zero-order valence-corrected chi connectivity index (χ0v) is 21.5. The second kappa shape index (κ2) is 11.2. The lowest BCUT2D eigenvalue weighted by Crippen LogP contribution is -2.26. The molecule has 3 aromatic rings. The second-order valence-corrected chi connectivity index (χ2v) is 9.86. The predicted octanol–water partition coefficient (Wildman–Crippen LogP) is 6.14. The molecule has 6 nitrogen and oxygen atoms in total. The number of anilines is 1. The number of rotatable bonds is 9. The lowest BCUT2D eigenvalue weighted by molar-refractivity contribution is -0.118. The predicted molar refractivity (Wildman–Crippen MR) is 140 cm³/mol. The monoisotopic (exact) mass is 574 g/mol. The van der Waals surface area contributed by atoms with Gasteiger partial charge in [0.15, 0.2) is 12.4 Å². The Kier molecular flexibility index (Phi) is 8.11. The lowest BCUT2D eigenvalue weighted by Gasteiger charge is -2.11. The van der Waals surface area contributed by atoms with Crippen LogP contribution in [0.25, 0.3) is 0 Å². The van der Waals surface area contributed by atoms with Crippen LogP contribution in [-0.4, -0.2) is 30.7 Å². The Bertz CT molecular complexity index is 1280. The van der Waals surface area contributed by atoms with E-state index in [1.807, 2.05) is 0 Å². The first-order valence-corrected chi connectivity index (χ1v) is 12.5. The minimum Gasteiger partial charge on any atom is -0.484 e. The highest BCUT2D eigenvalue weighted by atomic mass is 79.9. The first kappa shape index (κ1) is 25.2. The Morgan fingerprint density at radius 3 is 2.37 bits per heavy atom. The van der Waals surface area contributed by atoms with Gasteiger partial charge in [0.05, 0.1) is 10.7 Å². The highest BCUT2D eigenvalue weighted by molar-refractivity contribution is 9.10. The molecule has 1 fully saturated rings. The average Bonchev–Trinajstić information content (AvgIpc) is 3.68. The van der Waals surface area contributed by atoms with Crippen molar-refractivity contribution in [3.8, 4) is 5.75 Å². The molecule has 180 valence electrons. The van der Waals surface area contributed by atoms with Crippen molar-refractivity contribution in [1.82, 2.24) is 5.32 Å². The number of benzene rings is 3. The quantitative estimate of drug-likeness (QED) is 0.300. The van der Waals surface area contributed by atoms with Crippen LogP contribution in [-0.2, 0) is 4.79 Å². The fraction of sp³-hybridized carbons (Fsp3) is 0.192. The number of hydrogen-bond acceptors (Lipinski definition) is 4. The molecular weight excluding hydrogens is 555 g/mol. The zero-order valence-electron chi connectivity index (χ0n) is 18.4. The van der Waals surface area contributed by atoms with Crippen LogP contribution in [0.5, 0.6) is 5.75 Å². The summed E-state index contributed by atoms with van der Waals surface area (Å²) in [5.41, 5.74) is 1.64. The summed E-state index contributed by atoms with van der Waals surface area (Å²) in [6, 6.07) is 16.2. The van der Waals surface area contributed by atoms with Crippen molar-refractivity contribution >= 4 is 62.4 Å². The van der Waals surface area contributed by atoms with Crippen LogP contribution < -0.4 is 15.4 Å². The third kappa shape index (κ3) is 6.84. The fourth-order valence-corrected chi connectivity index (χ4v) is 4.05. The molecule has 3 aromatic carbocycles. The molecule has 0 heterocycles. The van der Waals surface area contributed by atoms with Crippen molar-refractivity contribution < 1.29 is 19.1 Å². The highest BCUT2D eigenvalue weighted by Gasteiger charge is 2.22. The number of ether oxygens (including phenoxy) is 1. The minimum absolute atomic E-state index is 0.195. The largest absolute Gasteiger partial charge is 0.484 e. The van der Waals surface area contributed by atoms with E-state index >= 15 is 0 Å². The van der Waals surface area contributed by atoms with Gasteiger partial charge in [0.1, 0.15) is 5.75 Å². The van der Waals surface area contributed by atoms with E-state index in [1.54, 1.807) is 54.6 Å². The van der Waals surface area contributed by atoms with Crippen LogP contribution in [0.3, 0.4) is 0 Å². The van der Waals surface area contributed by atoms with Gasteiger partial charge in [0, 0.05) is 32.7 Å². The minimum atomic E-state index is -0.439. The molecular formula is C26H21BrCl2N2O4. The summed E-state index contributed by atoms with van der Waals surface area (Å²) in [5.74, 6) is 0.138. The van der Waals surface area contributed by atoms with E-state index in [0.717, 1.165) is 12.8 Å². The maximum Gasteiger partial charge on any atom is 0.262 e. The van der Waals surface area contributed by atoms with E-state index in [2.05, 4.69) is 26.6 Å². The fourth-order valence-electron chi connectivity index (χ4n) is 3.29. The Morgan fingerprint density at radius 2 is 1.66 bits per heavy atom. The van der Waals surface area contributed by atoms with Crippen molar-refractivity contribution in [1.29, 1.82) is 0 Å². The van der Waals surface area contributed by atoms with Gasteiger partial charge in [0.2, 0.25) is 0 Å². The van der Waals surface area contributed by atoms with E-state index < -0.39 is 5.91 Å². The number of ketones is 1. The van der Waals surface area contributed by atoms with Crippen molar-refractivity contribution in [3.63, 3.8) is 0 Å². The summed E-state index contributed by atoms with van der Waals surface area (Å²) in [6.45, 7) is 0.374. The topological polar surface area (TPSA) is 84.5 Å². The van der Waals surface area contributed by atoms with Crippen molar-refractivity contribution in [3.05, 3.63) is 91.9 Å². The highest BCUT2D eigenvalue weighted by Crippen LogP contribution is 2.28. The van der Waals surface area contributed by atoms with E-state index in [4.69, 9.17) is 27.9 Å². The van der Waals surface area contributed by atoms with Gasteiger partial charge in [-0.05, 0) is 79.4 Å². The van der Waals surface area contributed by atoms with Crippen molar-refractivity contribution in [2.45, 2.75) is 12.8 Å². The summed E-state index contributed by atoms with van der Waals surface area (Å²) in [4.78, 5) is 37.5. The molecule has 1 saturated carbocycles. The summed E-state index contributed by atoms with van der Waals surface area (Å²) in [6.07, 6.45) is 2.28. The van der Waals surface area contributed by atoms with Gasteiger partial charge in [-0.2, -0.15) is 0 Å². The van der Waals surface area contributed by atoms with Gasteiger partial charge in [-0.25, -0.2) is 0 Å². The average molecular weight is 576 g/mol. The molecule has 0 aromatic heterocycles. The number of halogens is 3. The van der Waals surface area contributed by atoms with Crippen LogP contribution in [0.1, 0.15) is 39.1 Å². The molecule has 0 radical (unpaired) electrons. The molecule has 1 aliphatic carbocycles. The Hall–Kier alpha value is -2.87. The van der Waals surface area contributed by atoms with E-state index in [9.17, 15) is 14.4 Å². The third-order valence-electron chi connectivity index (χ3n) is 5.41. The van der Waals surface area contributed by atoms with Gasteiger partial charge < -0.3 is 15.4 Å². The van der Waals surface area contributed by atoms with Gasteiger partial charge in [-0.3, -0.25) is 14.4 Å². The number of carbonyl (C=O) groups excluding carboxylic acids is 3. The Balaban J connectivity index is 1.33. The Labute approximate surface area is 221 Å². The van der Waals surface area contributed by atoms with Crippen molar-refractivity contribution in [2.75, 3.05) is 18.5 Å². The van der Waals surface area contributed by atoms with Crippen LogP contribution in [0, 0.1) is 5.92 Å². The first-order valence-electron chi connectivity index (χ1n) is 10.9. The van der Waals surface area contributed by atoms with E-state index in [-0.39, 0.29) is 18.3 Å². The van der Waals surface area contributed by atoms with Crippen molar-refractivity contribution in [2.24, 2.45) is 5.92 Å². The normalized spacial score (nSPS) is 12.7. The van der Waals surface area contributed by atoms with Gasteiger partial charge in [-0.15, -0.1) is 0 Å². The molecule has 0 unspecified atom stereocenters. The second-order valence-electron chi connectivity index (χ2n) is 8.16. The van der Waals surface area contributed by atoms with Gasteiger partial charge >= 0.3 is 0 Å². The summed E-state index contributed by atoms with van der Waals surface area (Å²) in [5, 5.41) is 6.33. The van der Waals surface area contributed by atoms with Gasteiger partial charge in [0.25, 0.3) is 11.8 Å². The SMILES string of the molecule is O=C(COc1ccc(C(=O)c2cc(Cl)ccc2Br)cc1)Nc1cc(C(=O)NCC2CC2)ccc1Cl. The molecule has 0 saturated heterocycles. The molecule has 0 bridgehead atoms. The number of amides is 2. The van der Waals surface area contributed by atoms with Gasteiger partial charge in [-0.1, -0.05) is 39.1 Å². The first-order chi connectivity index (χ1) is 16.8. The standard InChI is InChI=1S/C26H21BrCl2N2O4/c27-21-9-6-18(28)12-20(21)25(33)16-3-7-19(8-4-16)35-14-24(32)31-23-11-17(5-10-22(23)29)26(34)30-13-15-1-2-15/h3-12,15H,1-2,13-14H2,(H,30,34)(H,31,32). The molecule has 0 spiro atoms. The maximum atomic E-state index is 12.8.